The van der Waals surface area contributed by atoms with E-state index in [9.17, 15) is 4.79 Å². The Kier molecular flexibility index (Phi) is 3.60. The minimum atomic E-state index is -0.124. The van der Waals surface area contributed by atoms with E-state index in [1.807, 2.05) is 0 Å². The van der Waals surface area contributed by atoms with Crippen molar-refractivity contribution in [1.29, 1.82) is 0 Å². The highest BCUT2D eigenvalue weighted by Gasteiger charge is 2.16. The number of ether oxygens (including phenoxy) is 1. The van der Waals surface area contributed by atoms with E-state index in [1.165, 1.54) is 4.57 Å². The van der Waals surface area contributed by atoms with Crippen molar-refractivity contribution < 1.29 is 4.74 Å². The van der Waals surface area contributed by atoms with E-state index in [0.29, 0.717) is 17.0 Å². The summed E-state index contributed by atoms with van der Waals surface area (Å²) in [4.78, 5) is 15.8. The Hall–Kier alpha value is -0.880. The normalized spacial score (nSPS) is 20.0. The van der Waals surface area contributed by atoms with Gasteiger partial charge >= 0.3 is 0 Å². The summed E-state index contributed by atoms with van der Waals surface area (Å²) in [5.74, 6) is 0.368. The van der Waals surface area contributed by atoms with E-state index in [-0.39, 0.29) is 11.7 Å². The highest BCUT2D eigenvalue weighted by molar-refractivity contribution is 9.10. The minimum absolute atomic E-state index is 0.124. The Morgan fingerprint density at radius 1 is 1.75 bits per heavy atom. The van der Waals surface area contributed by atoms with Gasteiger partial charge in [0.25, 0.3) is 5.56 Å². The van der Waals surface area contributed by atoms with Gasteiger partial charge in [-0.2, -0.15) is 0 Å². The largest absolute Gasteiger partial charge is 0.376 e. The summed E-state index contributed by atoms with van der Waals surface area (Å²) in [6, 6.07) is 0. The van der Waals surface area contributed by atoms with Gasteiger partial charge in [0.15, 0.2) is 5.82 Å². The molecule has 2 heterocycles. The molecule has 88 valence electrons. The lowest BCUT2D eigenvalue weighted by Gasteiger charge is -2.11. The number of hydrogen-bond acceptors (Lipinski definition) is 4. The molecule has 5 nitrogen and oxygen atoms in total. The monoisotopic (exact) mass is 287 g/mol. The van der Waals surface area contributed by atoms with Crippen molar-refractivity contribution in [3.8, 4) is 0 Å². The Morgan fingerprint density at radius 2 is 2.56 bits per heavy atom. The van der Waals surface area contributed by atoms with E-state index in [2.05, 4.69) is 26.2 Å². The molecule has 1 saturated heterocycles. The van der Waals surface area contributed by atoms with Gasteiger partial charge in [0, 0.05) is 26.4 Å². The van der Waals surface area contributed by atoms with E-state index in [4.69, 9.17) is 4.74 Å². The van der Waals surface area contributed by atoms with Crippen LogP contribution in [0, 0.1) is 0 Å². The van der Waals surface area contributed by atoms with E-state index in [1.54, 1.807) is 13.2 Å². The van der Waals surface area contributed by atoms with Crippen LogP contribution in [0.15, 0.2) is 15.6 Å². The summed E-state index contributed by atoms with van der Waals surface area (Å²) in [7, 11) is 1.70. The van der Waals surface area contributed by atoms with Gasteiger partial charge in [-0.1, -0.05) is 0 Å². The Labute approximate surface area is 102 Å². The van der Waals surface area contributed by atoms with Gasteiger partial charge in [-0.3, -0.25) is 4.79 Å². The van der Waals surface area contributed by atoms with Gasteiger partial charge in [-0.25, -0.2) is 4.98 Å². The first kappa shape index (κ1) is 11.6. The van der Waals surface area contributed by atoms with Gasteiger partial charge in [0.2, 0.25) is 0 Å². The molecule has 1 aromatic rings. The molecule has 6 heteroatoms. The predicted molar refractivity (Wildman–Crippen MR) is 64.6 cm³/mol. The maximum absolute atomic E-state index is 11.7. The van der Waals surface area contributed by atoms with E-state index < -0.39 is 0 Å². The molecule has 1 fully saturated rings. The van der Waals surface area contributed by atoms with Gasteiger partial charge in [0.05, 0.1) is 6.10 Å². The Balaban J connectivity index is 2.05. The van der Waals surface area contributed by atoms with Crippen LogP contribution in [0.4, 0.5) is 5.82 Å². The van der Waals surface area contributed by atoms with Crippen molar-refractivity contribution in [3.63, 3.8) is 0 Å². The molecule has 1 N–H and O–H groups in total. The van der Waals surface area contributed by atoms with Crippen molar-refractivity contribution >= 4 is 21.7 Å². The van der Waals surface area contributed by atoms with Crippen molar-refractivity contribution in [2.45, 2.75) is 18.9 Å². The van der Waals surface area contributed by atoms with Crippen molar-refractivity contribution in [1.82, 2.24) is 9.55 Å². The fourth-order valence-corrected chi connectivity index (χ4v) is 2.18. The third kappa shape index (κ3) is 2.62. The average molecular weight is 288 g/mol. The molecule has 0 amide bonds. The topological polar surface area (TPSA) is 56.1 Å². The molecule has 0 radical (unpaired) electrons. The first-order valence-corrected chi connectivity index (χ1v) is 6.05. The first-order valence-electron chi connectivity index (χ1n) is 5.25. The Morgan fingerprint density at radius 3 is 3.25 bits per heavy atom. The summed E-state index contributed by atoms with van der Waals surface area (Å²) < 4.78 is 7.60. The summed E-state index contributed by atoms with van der Waals surface area (Å²) in [5.41, 5.74) is -0.124. The highest BCUT2D eigenvalue weighted by Crippen LogP contribution is 2.12. The first-order chi connectivity index (χ1) is 7.66. The molecule has 1 aliphatic rings. The second-order valence-corrected chi connectivity index (χ2v) is 4.66. The van der Waals surface area contributed by atoms with Crippen LogP contribution in [0.5, 0.6) is 0 Å². The number of rotatable bonds is 3. The molecule has 0 aliphatic carbocycles. The molecular formula is C10H14BrN3O2. The molecule has 0 saturated carbocycles. The fraction of sp³-hybridized carbons (Fsp3) is 0.600. The van der Waals surface area contributed by atoms with Crippen LogP contribution in [-0.2, 0) is 11.8 Å². The Bertz CT molecular complexity index is 427. The molecule has 1 atom stereocenters. The lowest BCUT2D eigenvalue weighted by atomic mass is 10.2. The van der Waals surface area contributed by atoms with Crippen LogP contribution in [0.2, 0.25) is 0 Å². The number of hydrogen-bond donors (Lipinski definition) is 1. The maximum Gasteiger partial charge on any atom is 0.293 e. The maximum atomic E-state index is 11.7. The average Bonchev–Trinajstić information content (AvgIpc) is 2.74. The standard InChI is InChI=1S/C10H14BrN3O2/c1-14-6-8(11)13-9(10(14)15)12-5-7-3-2-4-16-7/h6-7H,2-5H2,1H3,(H,12,13)/t7-/m1/s1. The van der Waals surface area contributed by atoms with Gasteiger partial charge < -0.3 is 14.6 Å². The SMILES string of the molecule is Cn1cc(Br)nc(NC[C@H]2CCCO2)c1=O. The zero-order valence-electron chi connectivity index (χ0n) is 9.07. The predicted octanol–water partition coefficient (Wildman–Crippen LogP) is 1.13. The van der Waals surface area contributed by atoms with Crippen LogP contribution in [0.3, 0.4) is 0 Å². The molecule has 1 aromatic heterocycles. The summed E-state index contributed by atoms with van der Waals surface area (Å²) in [6.45, 7) is 1.45. The highest BCUT2D eigenvalue weighted by atomic mass is 79.9. The molecule has 2 rings (SSSR count). The third-order valence-electron chi connectivity index (χ3n) is 2.56. The van der Waals surface area contributed by atoms with Crippen LogP contribution >= 0.6 is 15.9 Å². The van der Waals surface area contributed by atoms with Gasteiger partial charge in [-0.05, 0) is 28.8 Å². The quantitative estimate of drug-likeness (QED) is 0.906. The van der Waals surface area contributed by atoms with E-state index in [0.717, 1.165) is 19.4 Å². The van der Waals surface area contributed by atoms with Crippen molar-refractivity contribution in [2.75, 3.05) is 18.5 Å². The number of nitrogens with one attached hydrogen (secondary N) is 1. The number of aromatic nitrogens is 2. The molecule has 0 unspecified atom stereocenters. The van der Waals surface area contributed by atoms with E-state index >= 15 is 0 Å². The van der Waals surface area contributed by atoms with Gasteiger partial charge in [-0.15, -0.1) is 0 Å². The number of aryl methyl sites for hydroxylation is 1. The molecule has 0 aromatic carbocycles. The zero-order chi connectivity index (χ0) is 11.5. The molecule has 1 aliphatic heterocycles. The van der Waals surface area contributed by atoms with Crippen molar-refractivity contribution in [2.24, 2.45) is 7.05 Å². The lowest BCUT2D eigenvalue weighted by molar-refractivity contribution is 0.120. The molecular weight excluding hydrogens is 274 g/mol. The number of anilines is 1. The van der Waals surface area contributed by atoms with Crippen LogP contribution in [-0.4, -0.2) is 28.8 Å². The second-order valence-electron chi connectivity index (χ2n) is 3.84. The number of halogens is 1. The molecule has 0 bridgehead atoms. The zero-order valence-corrected chi connectivity index (χ0v) is 10.7. The number of nitrogens with zero attached hydrogens (tertiary/aromatic N) is 2. The lowest BCUT2D eigenvalue weighted by Crippen LogP contribution is -2.26. The van der Waals surface area contributed by atoms with Crippen molar-refractivity contribution in [3.05, 3.63) is 21.2 Å². The smallest absolute Gasteiger partial charge is 0.293 e. The van der Waals surface area contributed by atoms with Crippen LogP contribution < -0.4 is 10.9 Å². The summed E-state index contributed by atoms with van der Waals surface area (Å²) in [6.07, 6.45) is 3.97. The van der Waals surface area contributed by atoms with Crippen LogP contribution in [0.1, 0.15) is 12.8 Å². The molecule has 0 spiro atoms. The second kappa shape index (κ2) is 4.97. The summed E-state index contributed by atoms with van der Waals surface area (Å²) in [5, 5.41) is 3.04. The third-order valence-corrected chi connectivity index (χ3v) is 2.94. The fourth-order valence-electron chi connectivity index (χ4n) is 1.70. The van der Waals surface area contributed by atoms with Gasteiger partial charge in [0.1, 0.15) is 4.60 Å². The van der Waals surface area contributed by atoms with Crippen LogP contribution in [0.25, 0.3) is 0 Å². The minimum Gasteiger partial charge on any atom is -0.376 e. The summed E-state index contributed by atoms with van der Waals surface area (Å²) >= 11 is 3.26. The molecule has 16 heavy (non-hydrogen) atoms.